The normalized spacial score (nSPS) is 9.89. The molecule has 0 aromatic heterocycles. The van der Waals surface area contributed by atoms with Gasteiger partial charge in [0.15, 0.2) is 0 Å². The van der Waals surface area contributed by atoms with Crippen LogP contribution in [0.1, 0.15) is 15.9 Å². The molecule has 0 atom stereocenters. The Labute approximate surface area is 106 Å². The summed E-state index contributed by atoms with van der Waals surface area (Å²) >= 11 is 0. The summed E-state index contributed by atoms with van der Waals surface area (Å²) in [6.07, 6.45) is 0. The average molecular weight is 242 g/mol. The molecule has 0 heterocycles. The third kappa shape index (κ3) is 2.51. The van der Waals surface area contributed by atoms with E-state index in [0.717, 1.165) is 11.3 Å². The van der Waals surface area contributed by atoms with E-state index in [1.807, 2.05) is 37.3 Å². The number of benzene rings is 2. The van der Waals surface area contributed by atoms with Crippen LogP contribution in [-0.4, -0.2) is 13.1 Å². The standard InChI is InChI=1S/C15H14O3/c1-11-7-3-5-9-13(11)18-14-10-6-4-8-12(14)15(16)17-2/h3-10H,1-2H3. The van der Waals surface area contributed by atoms with Crippen molar-refractivity contribution in [3.8, 4) is 11.5 Å². The summed E-state index contributed by atoms with van der Waals surface area (Å²) in [7, 11) is 1.35. The van der Waals surface area contributed by atoms with E-state index < -0.39 is 5.97 Å². The van der Waals surface area contributed by atoms with Crippen molar-refractivity contribution >= 4 is 5.97 Å². The van der Waals surface area contributed by atoms with E-state index in [2.05, 4.69) is 0 Å². The maximum atomic E-state index is 11.6. The van der Waals surface area contributed by atoms with Gasteiger partial charge in [0.25, 0.3) is 0 Å². The molecule has 0 amide bonds. The second-order valence-corrected chi connectivity index (χ2v) is 3.86. The van der Waals surface area contributed by atoms with Crippen LogP contribution in [0.3, 0.4) is 0 Å². The second kappa shape index (κ2) is 5.36. The Bertz CT molecular complexity index is 561. The number of methoxy groups -OCH3 is 1. The quantitative estimate of drug-likeness (QED) is 0.772. The lowest BCUT2D eigenvalue weighted by Gasteiger charge is -2.11. The van der Waals surface area contributed by atoms with Crippen LogP contribution in [0.4, 0.5) is 0 Å². The molecule has 18 heavy (non-hydrogen) atoms. The Morgan fingerprint density at radius 1 is 0.944 bits per heavy atom. The first-order valence-electron chi connectivity index (χ1n) is 5.63. The molecule has 2 aromatic rings. The van der Waals surface area contributed by atoms with Crippen LogP contribution in [0.5, 0.6) is 11.5 Å². The Morgan fingerprint density at radius 2 is 1.56 bits per heavy atom. The summed E-state index contributed by atoms with van der Waals surface area (Å²) in [4.78, 5) is 11.6. The van der Waals surface area contributed by atoms with E-state index in [9.17, 15) is 4.79 Å². The number of para-hydroxylation sites is 2. The fourth-order valence-corrected chi connectivity index (χ4v) is 1.62. The van der Waals surface area contributed by atoms with Crippen LogP contribution in [0.2, 0.25) is 0 Å². The number of aryl methyl sites for hydroxylation is 1. The number of carbonyl (C=O) groups is 1. The lowest BCUT2D eigenvalue weighted by molar-refractivity contribution is 0.0598. The number of hydrogen-bond acceptors (Lipinski definition) is 3. The molecule has 0 saturated heterocycles. The number of hydrogen-bond donors (Lipinski definition) is 0. The molecule has 0 bridgehead atoms. The Morgan fingerprint density at radius 3 is 2.22 bits per heavy atom. The van der Waals surface area contributed by atoms with Crippen LogP contribution in [-0.2, 0) is 4.74 Å². The van der Waals surface area contributed by atoms with Crippen molar-refractivity contribution in [1.82, 2.24) is 0 Å². The van der Waals surface area contributed by atoms with Crippen molar-refractivity contribution in [2.24, 2.45) is 0 Å². The van der Waals surface area contributed by atoms with E-state index in [1.54, 1.807) is 18.2 Å². The molecule has 3 heteroatoms. The first-order valence-corrected chi connectivity index (χ1v) is 5.63. The summed E-state index contributed by atoms with van der Waals surface area (Å²) in [6, 6.07) is 14.7. The highest BCUT2D eigenvalue weighted by atomic mass is 16.5. The van der Waals surface area contributed by atoms with Crippen molar-refractivity contribution in [1.29, 1.82) is 0 Å². The molecule has 0 radical (unpaired) electrons. The minimum atomic E-state index is -0.404. The fourth-order valence-electron chi connectivity index (χ4n) is 1.62. The number of ether oxygens (including phenoxy) is 2. The second-order valence-electron chi connectivity index (χ2n) is 3.86. The Kier molecular flexibility index (Phi) is 3.63. The molecule has 0 N–H and O–H groups in total. The minimum absolute atomic E-state index is 0.404. The zero-order valence-electron chi connectivity index (χ0n) is 10.3. The first kappa shape index (κ1) is 12.2. The van der Waals surface area contributed by atoms with Gasteiger partial charge in [0.1, 0.15) is 17.1 Å². The monoisotopic (exact) mass is 242 g/mol. The Balaban J connectivity index is 2.35. The third-order valence-electron chi connectivity index (χ3n) is 2.61. The smallest absolute Gasteiger partial charge is 0.341 e. The topological polar surface area (TPSA) is 35.5 Å². The molecule has 0 aliphatic heterocycles. The summed E-state index contributed by atoms with van der Waals surface area (Å²) in [5.74, 6) is 0.826. The van der Waals surface area contributed by atoms with Gasteiger partial charge in [-0.05, 0) is 30.7 Å². The predicted molar refractivity (Wildman–Crippen MR) is 69.0 cm³/mol. The summed E-state index contributed by atoms with van der Waals surface area (Å²) in [5, 5.41) is 0. The first-order chi connectivity index (χ1) is 8.72. The molecule has 2 rings (SSSR count). The van der Waals surface area contributed by atoms with Gasteiger partial charge in [-0.3, -0.25) is 0 Å². The Hall–Kier alpha value is -2.29. The van der Waals surface area contributed by atoms with Crippen molar-refractivity contribution in [3.63, 3.8) is 0 Å². The van der Waals surface area contributed by atoms with Gasteiger partial charge in [0.2, 0.25) is 0 Å². The predicted octanol–water partition coefficient (Wildman–Crippen LogP) is 3.57. The van der Waals surface area contributed by atoms with E-state index in [1.165, 1.54) is 7.11 Å². The molecule has 2 aromatic carbocycles. The minimum Gasteiger partial charge on any atom is -0.465 e. The SMILES string of the molecule is COC(=O)c1ccccc1Oc1ccccc1C. The van der Waals surface area contributed by atoms with Gasteiger partial charge in [0, 0.05) is 0 Å². The lowest BCUT2D eigenvalue weighted by Crippen LogP contribution is -2.03. The van der Waals surface area contributed by atoms with Crippen molar-refractivity contribution in [2.45, 2.75) is 6.92 Å². The van der Waals surface area contributed by atoms with E-state index >= 15 is 0 Å². The summed E-state index contributed by atoms with van der Waals surface area (Å²) in [5.41, 5.74) is 1.43. The van der Waals surface area contributed by atoms with Gasteiger partial charge in [-0.25, -0.2) is 4.79 Å². The number of carbonyl (C=O) groups excluding carboxylic acids is 1. The van der Waals surface area contributed by atoms with Crippen molar-refractivity contribution in [3.05, 3.63) is 59.7 Å². The molecule has 0 fully saturated rings. The van der Waals surface area contributed by atoms with Crippen LogP contribution in [0.25, 0.3) is 0 Å². The molecular formula is C15H14O3. The van der Waals surface area contributed by atoms with E-state index in [4.69, 9.17) is 9.47 Å². The molecule has 92 valence electrons. The maximum Gasteiger partial charge on any atom is 0.341 e. The molecule has 0 aliphatic rings. The number of rotatable bonds is 3. The van der Waals surface area contributed by atoms with Crippen molar-refractivity contribution < 1.29 is 14.3 Å². The molecule has 0 saturated carbocycles. The highest BCUT2D eigenvalue weighted by molar-refractivity contribution is 5.92. The maximum absolute atomic E-state index is 11.6. The average Bonchev–Trinajstić information content (AvgIpc) is 2.41. The van der Waals surface area contributed by atoms with Gasteiger partial charge in [0.05, 0.1) is 7.11 Å². The largest absolute Gasteiger partial charge is 0.465 e. The zero-order valence-corrected chi connectivity index (χ0v) is 10.3. The summed E-state index contributed by atoms with van der Waals surface area (Å²) in [6.45, 7) is 1.95. The van der Waals surface area contributed by atoms with Gasteiger partial charge < -0.3 is 9.47 Å². The van der Waals surface area contributed by atoms with Crippen LogP contribution in [0, 0.1) is 6.92 Å². The van der Waals surface area contributed by atoms with E-state index in [-0.39, 0.29) is 0 Å². The van der Waals surface area contributed by atoms with Gasteiger partial charge in [-0.2, -0.15) is 0 Å². The van der Waals surface area contributed by atoms with Crippen LogP contribution in [0.15, 0.2) is 48.5 Å². The van der Waals surface area contributed by atoms with Crippen LogP contribution >= 0.6 is 0 Å². The van der Waals surface area contributed by atoms with Gasteiger partial charge in [-0.1, -0.05) is 30.3 Å². The third-order valence-corrected chi connectivity index (χ3v) is 2.61. The van der Waals surface area contributed by atoms with Gasteiger partial charge in [-0.15, -0.1) is 0 Å². The fraction of sp³-hybridized carbons (Fsp3) is 0.133. The highest BCUT2D eigenvalue weighted by Crippen LogP contribution is 2.27. The molecular weight excluding hydrogens is 228 g/mol. The number of esters is 1. The van der Waals surface area contributed by atoms with Crippen LogP contribution < -0.4 is 4.74 Å². The van der Waals surface area contributed by atoms with E-state index in [0.29, 0.717) is 11.3 Å². The molecule has 0 unspecified atom stereocenters. The molecule has 0 spiro atoms. The molecule has 3 nitrogen and oxygen atoms in total. The zero-order chi connectivity index (χ0) is 13.0. The van der Waals surface area contributed by atoms with Crippen molar-refractivity contribution in [2.75, 3.05) is 7.11 Å². The lowest BCUT2D eigenvalue weighted by atomic mass is 10.2. The summed E-state index contributed by atoms with van der Waals surface area (Å²) < 4.78 is 10.5. The molecule has 0 aliphatic carbocycles. The highest BCUT2D eigenvalue weighted by Gasteiger charge is 2.13. The van der Waals surface area contributed by atoms with Gasteiger partial charge >= 0.3 is 5.97 Å².